The lowest BCUT2D eigenvalue weighted by molar-refractivity contribution is -0.121. The minimum Gasteiger partial charge on any atom is -0.356 e. The van der Waals surface area contributed by atoms with Crippen molar-refractivity contribution in [1.29, 1.82) is 0 Å². The largest absolute Gasteiger partial charge is 0.356 e. The molecule has 3 heteroatoms. The fraction of sp³-hybridized carbons (Fsp3) is 0.824. The molecule has 0 bridgehead atoms. The second kappa shape index (κ2) is 9.17. The fourth-order valence-corrected chi connectivity index (χ4v) is 3.28. The lowest BCUT2D eigenvalue weighted by Gasteiger charge is -2.22. The summed E-state index contributed by atoms with van der Waals surface area (Å²) in [6, 6.07) is 0.656. The number of amides is 1. The molecule has 2 aliphatic carbocycles. The SMILES string of the molecule is O=C(CCNC1CCCCC1)NCCC1=CCCCC1. The van der Waals surface area contributed by atoms with Gasteiger partial charge < -0.3 is 10.6 Å². The summed E-state index contributed by atoms with van der Waals surface area (Å²) in [5.74, 6) is 0.199. The molecule has 0 aromatic heterocycles. The third-order valence-corrected chi connectivity index (χ3v) is 4.54. The number of rotatable bonds is 7. The highest BCUT2D eigenvalue weighted by Gasteiger charge is 2.12. The minimum absolute atomic E-state index is 0.199. The van der Waals surface area contributed by atoms with Crippen molar-refractivity contribution < 1.29 is 4.79 Å². The molecule has 0 aromatic rings. The van der Waals surface area contributed by atoms with E-state index in [1.165, 1.54) is 63.4 Å². The molecule has 0 heterocycles. The maximum Gasteiger partial charge on any atom is 0.221 e. The van der Waals surface area contributed by atoms with Gasteiger partial charge in [0, 0.05) is 25.6 Å². The standard InChI is InChI=1S/C17H30N2O/c20-17(12-14-18-16-9-5-2-6-10-16)19-13-11-15-7-3-1-4-8-15/h7,16,18H,1-6,8-14H2,(H,19,20). The summed E-state index contributed by atoms with van der Waals surface area (Å²) in [7, 11) is 0. The van der Waals surface area contributed by atoms with E-state index >= 15 is 0 Å². The van der Waals surface area contributed by atoms with Crippen molar-refractivity contribution in [2.45, 2.75) is 76.7 Å². The van der Waals surface area contributed by atoms with E-state index in [2.05, 4.69) is 16.7 Å². The van der Waals surface area contributed by atoms with E-state index in [4.69, 9.17) is 0 Å². The van der Waals surface area contributed by atoms with Crippen LogP contribution in [0.4, 0.5) is 0 Å². The van der Waals surface area contributed by atoms with Crippen molar-refractivity contribution in [2.24, 2.45) is 0 Å². The summed E-state index contributed by atoms with van der Waals surface area (Å²) < 4.78 is 0. The van der Waals surface area contributed by atoms with Crippen LogP contribution in [0, 0.1) is 0 Å². The number of allylic oxidation sites excluding steroid dienone is 1. The predicted octanol–water partition coefficient (Wildman–Crippen LogP) is 3.31. The van der Waals surface area contributed by atoms with E-state index < -0.39 is 0 Å². The molecule has 0 aliphatic heterocycles. The highest BCUT2D eigenvalue weighted by atomic mass is 16.1. The normalized spacial score (nSPS) is 20.5. The van der Waals surface area contributed by atoms with Crippen LogP contribution in [-0.4, -0.2) is 25.0 Å². The maximum atomic E-state index is 11.8. The first kappa shape index (κ1) is 15.6. The molecular weight excluding hydrogens is 248 g/mol. The minimum atomic E-state index is 0.199. The third-order valence-electron chi connectivity index (χ3n) is 4.54. The van der Waals surface area contributed by atoms with Crippen LogP contribution in [-0.2, 0) is 4.79 Å². The van der Waals surface area contributed by atoms with E-state index in [1.807, 2.05) is 0 Å². The molecule has 2 rings (SSSR count). The van der Waals surface area contributed by atoms with Crippen LogP contribution in [0.25, 0.3) is 0 Å². The van der Waals surface area contributed by atoms with Gasteiger partial charge in [-0.15, -0.1) is 0 Å². The second-order valence-electron chi connectivity index (χ2n) is 6.25. The molecule has 114 valence electrons. The molecule has 2 N–H and O–H groups in total. The van der Waals surface area contributed by atoms with Gasteiger partial charge in [0.1, 0.15) is 0 Å². The van der Waals surface area contributed by atoms with Crippen LogP contribution in [0.5, 0.6) is 0 Å². The molecule has 1 saturated carbocycles. The van der Waals surface area contributed by atoms with Crippen LogP contribution in [0.15, 0.2) is 11.6 Å². The maximum absolute atomic E-state index is 11.8. The smallest absolute Gasteiger partial charge is 0.221 e. The van der Waals surface area contributed by atoms with Crippen molar-refractivity contribution >= 4 is 5.91 Å². The van der Waals surface area contributed by atoms with E-state index in [-0.39, 0.29) is 5.91 Å². The van der Waals surface area contributed by atoms with Gasteiger partial charge in [-0.25, -0.2) is 0 Å². The molecule has 1 amide bonds. The van der Waals surface area contributed by atoms with Gasteiger partial charge in [0.25, 0.3) is 0 Å². The number of nitrogens with one attached hydrogen (secondary N) is 2. The van der Waals surface area contributed by atoms with Crippen molar-refractivity contribution in [2.75, 3.05) is 13.1 Å². The quantitative estimate of drug-likeness (QED) is 0.702. The Kier molecular flexibility index (Phi) is 7.13. The Morgan fingerprint density at radius 1 is 1.10 bits per heavy atom. The topological polar surface area (TPSA) is 41.1 Å². The van der Waals surface area contributed by atoms with Crippen LogP contribution < -0.4 is 10.6 Å². The zero-order valence-corrected chi connectivity index (χ0v) is 12.8. The van der Waals surface area contributed by atoms with Crippen molar-refractivity contribution in [3.8, 4) is 0 Å². The predicted molar refractivity (Wildman–Crippen MR) is 83.7 cm³/mol. The van der Waals surface area contributed by atoms with E-state index in [1.54, 1.807) is 0 Å². The van der Waals surface area contributed by atoms with Crippen LogP contribution >= 0.6 is 0 Å². The first-order chi connectivity index (χ1) is 9.84. The average molecular weight is 278 g/mol. The number of carbonyl (C=O) groups is 1. The Balaban J connectivity index is 1.48. The van der Waals surface area contributed by atoms with Gasteiger partial charge in [0.15, 0.2) is 0 Å². The third kappa shape index (κ3) is 6.08. The first-order valence-electron chi connectivity index (χ1n) is 8.52. The van der Waals surface area contributed by atoms with Crippen molar-refractivity contribution in [3.63, 3.8) is 0 Å². The molecular formula is C17H30N2O. The summed E-state index contributed by atoms with van der Waals surface area (Å²) in [4.78, 5) is 11.8. The number of hydrogen-bond donors (Lipinski definition) is 2. The lowest BCUT2D eigenvalue weighted by Crippen LogP contribution is -2.35. The van der Waals surface area contributed by atoms with Gasteiger partial charge in [-0.05, 0) is 44.9 Å². The molecule has 0 aromatic carbocycles. The zero-order valence-electron chi connectivity index (χ0n) is 12.8. The van der Waals surface area contributed by atoms with E-state index in [0.717, 1.165) is 19.5 Å². The zero-order chi connectivity index (χ0) is 14.0. The van der Waals surface area contributed by atoms with E-state index in [9.17, 15) is 4.79 Å². The lowest BCUT2D eigenvalue weighted by atomic mass is 9.95. The molecule has 20 heavy (non-hydrogen) atoms. The number of hydrogen-bond acceptors (Lipinski definition) is 2. The summed E-state index contributed by atoms with van der Waals surface area (Å²) in [6.45, 7) is 1.65. The highest BCUT2D eigenvalue weighted by molar-refractivity contribution is 5.76. The summed E-state index contributed by atoms with van der Waals surface area (Å²) in [6.07, 6.45) is 15.8. The fourth-order valence-electron chi connectivity index (χ4n) is 3.28. The second-order valence-corrected chi connectivity index (χ2v) is 6.25. The van der Waals surface area contributed by atoms with Gasteiger partial charge in [-0.1, -0.05) is 30.9 Å². The number of carbonyl (C=O) groups excluding carboxylic acids is 1. The average Bonchev–Trinajstić information content (AvgIpc) is 2.49. The molecule has 0 atom stereocenters. The van der Waals surface area contributed by atoms with Crippen LogP contribution in [0.2, 0.25) is 0 Å². The molecule has 0 spiro atoms. The molecule has 0 saturated heterocycles. The van der Waals surface area contributed by atoms with Gasteiger partial charge in [-0.2, -0.15) is 0 Å². The Bertz CT molecular complexity index is 319. The van der Waals surface area contributed by atoms with Gasteiger partial charge >= 0.3 is 0 Å². The Morgan fingerprint density at radius 2 is 1.95 bits per heavy atom. The molecule has 2 aliphatic rings. The summed E-state index contributed by atoms with van der Waals surface area (Å²) >= 11 is 0. The van der Waals surface area contributed by atoms with E-state index in [0.29, 0.717) is 12.5 Å². The Morgan fingerprint density at radius 3 is 2.70 bits per heavy atom. The molecule has 3 nitrogen and oxygen atoms in total. The van der Waals surface area contributed by atoms with Gasteiger partial charge in [0.2, 0.25) is 5.91 Å². The monoisotopic (exact) mass is 278 g/mol. The Hall–Kier alpha value is -0.830. The van der Waals surface area contributed by atoms with Crippen LogP contribution in [0.3, 0.4) is 0 Å². The highest BCUT2D eigenvalue weighted by Crippen LogP contribution is 2.19. The Labute approximate surface area is 123 Å². The van der Waals surface area contributed by atoms with Crippen LogP contribution in [0.1, 0.15) is 70.6 Å². The van der Waals surface area contributed by atoms with Gasteiger partial charge in [0.05, 0.1) is 0 Å². The first-order valence-corrected chi connectivity index (χ1v) is 8.52. The van der Waals surface area contributed by atoms with Crippen molar-refractivity contribution in [1.82, 2.24) is 10.6 Å². The van der Waals surface area contributed by atoms with Crippen molar-refractivity contribution in [3.05, 3.63) is 11.6 Å². The molecule has 0 radical (unpaired) electrons. The summed E-state index contributed by atoms with van der Waals surface area (Å²) in [5, 5.41) is 6.57. The summed E-state index contributed by atoms with van der Waals surface area (Å²) in [5.41, 5.74) is 1.54. The van der Waals surface area contributed by atoms with Gasteiger partial charge in [-0.3, -0.25) is 4.79 Å². The molecule has 1 fully saturated rings. The molecule has 0 unspecified atom stereocenters.